The van der Waals surface area contributed by atoms with Gasteiger partial charge in [0.05, 0.1) is 17.8 Å². The van der Waals surface area contributed by atoms with Gasteiger partial charge in [-0.05, 0) is 49.7 Å². The van der Waals surface area contributed by atoms with Crippen LogP contribution in [0.3, 0.4) is 0 Å². The van der Waals surface area contributed by atoms with Crippen LogP contribution in [0.2, 0.25) is 0 Å². The number of pyridine rings is 1. The molecule has 0 spiro atoms. The molecule has 0 amide bonds. The lowest BCUT2D eigenvalue weighted by molar-refractivity contribution is 0.660. The Labute approximate surface area is 164 Å². The van der Waals surface area contributed by atoms with E-state index in [9.17, 15) is 4.79 Å². The Hall–Kier alpha value is -3.37. The van der Waals surface area contributed by atoms with Crippen molar-refractivity contribution in [3.63, 3.8) is 0 Å². The van der Waals surface area contributed by atoms with Gasteiger partial charge in [-0.3, -0.25) is 9.48 Å². The fourth-order valence-corrected chi connectivity index (χ4v) is 2.89. The maximum Gasteiger partial charge on any atom is 0.271 e. The fraction of sp³-hybridized carbons (Fsp3) is 0.286. The number of rotatable bonds is 9. The monoisotopic (exact) mass is 376 g/mol. The molecule has 0 unspecified atom stereocenters. The molecule has 7 heteroatoms. The maximum absolute atomic E-state index is 12.0. The van der Waals surface area contributed by atoms with Crippen molar-refractivity contribution in [2.75, 3.05) is 25.0 Å². The SMILES string of the molecule is Cn1cc(-c2c[nH]c(=O)c(NCCCNCCc3ccc(C#N)cc3)c2)cn1. The van der Waals surface area contributed by atoms with Crippen LogP contribution in [0.25, 0.3) is 11.1 Å². The lowest BCUT2D eigenvalue weighted by atomic mass is 10.1. The van der Waals surface area contributed by atoms with Gasteiger partial charge >= 0.3 is 0 Å². The highest BCUT2D eigenvalue weighted by molar-refractivity contribution is 5.65. The van der Waals surface area contributed by atoms with Gasteiger partial charge in [-0.25, -0.2) is 0 Å². The molecule has 0 aliphatic carbocycles. The van der Waals surface area contributed by atoms with Gasteiger partial charge in [0.15, 0.2) is 0 Å². The quantitative estimate of drug-likeness (QED) is 0.498. The molecule has 0 aliphatic rings. The summed E-state index contributed by atoms with van der Waals surface area (Å²) >= 11 is 0. The summed E-state index contributed by atoms with van der Waals surface area (Å²) in [6.07, 6.45) is 7.22. The van der Waals surface area contributed by atoms with Crippen molar-refractivity contribution in [2.24, 2.45) is 7.05 Å². The van der Waals surface area contributed by atoms with E-state index in [0.717, 1.165) is 37.1 Å². The first-order valence-electron chi connectivity index (χ1n) is 9.31. The molecule has 144 valence electrons. The number of aryl methyl sites for hydroxylation is 1. The summed E-state index contributed by atoms with van der Waals surface area (Å²) in [7, 11) is 1.86. The molecule has 0 radical (unpaired) electrons. The third-order valence-corrected chi connectivity index (χ3v) is 4.46. The van der Waals surface area contributed by atoms with Gasteiger partial charge < -0.3 is 15.6 Å². The zero-order chi connectivity index (χ0) is 19.8. The Bertz CT molecular complexity index is 997. The average Bonchev–Trinajstić information content (AvgIpc) is 3.15. The predicted octanol–water partition coefficient (Wildman–Crippen LogP) is 2.28. The van der Waals surface area contributed by atoms with E-state index in [-0.39, 0.29) is 5.56 Å². The van der Waals surface area contributed by atoms with Crippen LogP contribution >= 0.6 is 0 Å². The maximum atomic E-state index is 12.0. The Morgan fingerprint density at radius 2 is 2.00 bits per heavy atom. The van der Waals surface area contributed by atoms with E-state index < -0.39 is 0 Å². The summed E-state index contributed by atoms with van der Waals surface area (Å²) in [5, 5.41) is 19.6. The topological polar surface area (TPSA) is 98.5 Å². The molecule has 3 rings (SSSR count). The molecule has 0 atom stereocenters. The van der Waals surface area contributed by atoms with Crippen LogP contribution in [0.5, 0.6) is 0 Å². The van der Waals surface area contributed by atoms with Crippen LogP contribution in [0.15, 0.2) is 53.7 Å². The normalized spacial score (nSPS) is 10.6. The number of H-pyrrole nitrogens is 1. The van der Waals surface area contributed by atoms with Crippen molar-refractivity contribution in [1.29, 1.82) is 5.26 Å². The standard InChI is InChI=1S/C21H24N6O/c1-27-15-19(14-26-27)18-11-20(21(28)25-13-18)24-9-2-8-23-10-7-16-3-5-17(12-22)6-4-16/h3-6,11,13-15,23-24H,2,7-10H2,1H3,(H,25,28). The number of anilines is 1. The Morgan fingerprint density at radius 3 is 2.71 bits per heavy atom. The van der Waals surface area contributed by atoms with Crippen molar-refractivity contribution in [3.8, 4) is 17.2 Å². The smallest absolute Gasteiger partial charge is 0.271 e. The molecule has 0 aliphatic heterocycles. The minimum atomic E-state index is -0.124. The molecule has 7 nitrogen and oxygen atoms in total. The summed E-state index contributed by atoms with van der Waals surface area (Å²) < 4.78 is 1.73. The Kier molecular flexibility index (Phi) is 6.60. The van der Waals surface area contributed by atoms with E-state index in [0.29, 0.717) is 17.8 Å². The first-order chi connectivity index (χ1) is 13.7. The summed E-state index contributed by atoms with van der Waals surface area (Å²) in [4.78, 5) is 14.8. The van der Waals surface area contributed by atoms with Gasteiger partial charge in [0.1, 0.15) is 5.69 Å². The number of aromatic nitrogens is 3. The summed E-state index contributed by atoms with van der Waals surface area (Å²) in [6, 6.07) is 11.6. The molecule has 3 aromatic rings. The highest BCUT2D eigenvalue weighted by atomic mass is 16.1. The van der Waals surface area contributed by atoms with Crippen LogP contribution in [-0.4, -0.2) is 34.4 Å². The summed E-state index contributed by atoms with van der Waals surface area (Å²) in [5.74, 6) is 0. The number of benzene rings is 1. The summed E-state index contributed by atoms with van der Waals surface area (Å²) in [5.41, 5.74) is 4.23. The second-order valence-electron chi connectivity index (χ2n) is 6.62. The molecule has 0 bridgehead atoms. The van der Waals surface area contributed by atoms with E-state index >= 15 is 0 Å². The number of hydrogen-bond donors (Lipinski definition) is 3. The minimum absolute atomic E-state index is 0.124. The lowest BCUT2D eigenvalue weighted by Gasteiger charge is -2.08. The molecular formula is C21H24N6O. The van der Waals surface area contributed by atoms with Crippen molar-refractivity contribution in [3.05, 3.63) is 70.4 Å². The Morgan fingerprint density at radius 1 is 1.18 bits per heavy atom. The van der Waals surface area contributed by atoms with E-state index in [1.54, 1.807) is 17.1 Å². The van der Waals surface area contributed by atoms with Crippen LogP contribution in [0.1, 0.15) is 17.5 Å². The zero-order valence-electron chi connectivity index (χ0n) is 15.9. The van der Waals surface area contributed by atoms with Crippen molar-refractivity contribution in [1.82, 2.24) is 20.1 Å². The highest BCUT2D eigenvalue weighted by Crippen LogP contribution is 2.18. The van der Waals surface area contributed by atoms with E-state index in [4.69, 9.17) is 5.26 Å². The molecule has 1 aromatic carbocycles. The van der Waals surface area contributed by atoms with Gasteiger partial charge in [0, 0.05) is 37.1 Å². The first kappa shape index (κ1) is 19.4. The van der Waals surface area contributed by atoms with Gasteiger partial charge in [0.25, 0.3) is 5.56 Å². The van der Waals surface area contributed by atoms with Crippen LogP contribution in [0.4, 0.5) is 5.69 Å². The molecule has 3 N–H and O–H groups in total. The number of hydrogen-bond acceptors (Lipinski definition) is 5. The molecular weight excluding hydrogens is 352 g/mol. The number of nitriles is 1. The van der Waals surface area contributed by atoms with Gasteiger partial charge in [-0.1, -0.05) is 12.1 Å². The zero-order valence-corrected chi connectivity index (χ0v) is 15.9. The molecule has 2 heterocycles. The minimum Gasteiger partial charge on any atom is -0.381 e. The average molecular weight is 376 g/mol. The second kappa shape index (κ2) is 9.53. The molecule has 0 saturated heterocycles. The van der Waals surface area contributed by atoms with E-state index in [2.05, 4.69) is 26.8 Å². The number of aromatic amines is 1. The molecule has 0 saturated carbocycles. The third-order valence-electron chi connectivity index (χ3n) is 4.46. The van der Waals surface area contributed by atoms with E-state index in [1.165, 1.54) is 5.56 Å². The fourth-order valence-electron chi connectivity index (χ4n) is 2.89. The van der Waals surface area contributed by atoms with Crippen LogP contribution in [0, 0.1) is 11.3 Å². The van der Waals surface area contributed by atoms with Crippen molar-refractivity contribution < 1.29 is 0 Å². The summed E-state index contributed by atoms with van der Waals surface area (Å²) in [6.45, 7) is 2.45. The molecule has 2 aromatic heterocycles. The van der Waals surface area contributed by atoms with Crippen molar-refractivity contribution in [2.45, 2.75) is 12.8 Å². The number of nitrogens with zero attached hydrogens (tertiary/aromatic N) is 3. The highest BCUT2D eigenvalue weighted by Gasteiger charge is 2.05. The number of nitrogens with one attached hydrogen (secondary N) is 3. The van der Waals surface area contributed by atoms with Gasteiger partial charge in [0.2, 0.25) is 0 Å². The molecule has 28 heavy (non-hydrogen) atoms. The van der Waals surface area contributed by atoms with Gasteiger partial charge in [-0.15, -0.1) is 0 Å². The largest absolute Gasteiger partial charge is 0.381 e. The third kappa shape index (κ3) is 5.32. The van der Waals surface area contributed by atoms with Gasteiger partial charge in [-0.2, -0.15) is 10.4 Å². The van der Waals surface area contributed by atoms with Crippen LogP contribution < -0.4 is 16.2 Å². The van der Waals surface area contributed by atoms with Crippen LogP contribution in [-0.2, 0) is 13.5 Å². The lowest BCUT2D eigenvalue weighted by Crippen LogP contribution is -2.22. The first-order valence-corrected chi connectivity index (χ1v) is 9.31. The predicted molar refractivity (Wildman–Crippen MR) is 110 cm³/mol. The van der Waals surface area contributed by atoms with Crippen molar-refractivity contribution >= 4 is 5.69 Å². The Balaban J connectivity index is 1.39. The molecule has 0 fully saturated rings. The van der Waals surface area contributed by atoms with E-state index in [1.807, 2.05) is 43.6 Å². The second-order valence-corrected chi connectivity index (χ2v) is 6.62.